The third-order valence-electron chi connectivity index (χ3n) is 2.61. The van der Waals surface area contributed by atoms with Crippen LogP contribution in [-0.4, -0.2) is 39.7 Å². The summed E-state index contributed by atoms with van der Waals surface area (Å²) in [5, 5.41) is 8.96. The third kappa shape index (κ3) is 2.64. The van der Waals surface area contributed by atoms with Crippen molar-refractivity contribution in [2.75, 3.05) is 13.2 Å². The molecule has 0 fully saturated rings. The van der Waals surface area contributed by atoms with Crippen molar-refractivity contribution in [3.05, 3.63) is 24.0 Å². The first-order valence-corrected chi connectivity index (χ1v) is 5.68. The van der Waals surface area contributed by atoms with Crippen molar-refractivity contribution in [2.24, 2.45) is 0 Å². The Morgan fingerprint density at radius 2 is 2.25 bits per heavy atom. The molecule has 1 N–H and O–H groups in total. The van der Waals surface area contributed by atoms with Gasteiger partial charge in [0.1, 0.15) is 5.69 Å². The number of nitrogens with zero attached hydrogens (tertiary/aromatic N) is 2. The Kier molecular flexibility index (Phi) is 4.55. The van der Waals surface area contributed by atoms with Crippen molar-refractivity contribution >= 4 is 5.91 Å². The zero-order valence-electron chi connectivity index (χ0n) is 10.2. The lowest BCUT2D eigenvalue weighted by molar-refractivity contribution is 0.0654. The van der Waals surface area contributed by atoms with E-state index < -0.39 is 0 Å². The van der Waals surface area contributed by atoms with Crippen LogP contribution in [0.3, 0.4) is 0 Å². The standard InChI is InChI=1S/C12H20N2O2/c1-4-13-7-5-6-11(13)12(16)14(8-9-15)10(2)3/h5-7,10,15H,4,8-9H2,1-3H3. The van der Waals surface area contributed by atoms with Gasteiger partial charge in [0.25, 0.3) is 5.91 Å². The van der Waals surface area contributed by atoms with Gasteiger partial charge in [0, 0.05) is 25.3 Å². The topological polar surface area (TPSA) is 45.5 Å². The van der Waals surface area contributed by atoms with E-state index in [1.807, 2.05) is 43.7 Å². The molecule has 1 aromatic heterocycles. The first-order chi connectivity index (χ1) is 7.61. The van der Waals surface area contributed by atoms with Crippen LogP contribution in [0.2, 0.25) is 0 Å². The Morgan fingerprint density at radius 3 is 2.75 bits per heavy atom. The number of amides is 1. The van der Waals surface area contributed by atoms with Gasteiger partial charge in [-0.05, 0) is 32.9 Å². The van der Waals surface area contributed by atoms with E-state index >= 15 is 0 Å². The zero-order valence-corrected chi connectivity index (χ0v) is 10.2. The summed E-state index contributed by atoms with van der Waals surface area (Å²) in [5.41, 5.74) is 0.685. The van der Waals surface area contributed by atoms with E-state index in [9.17, 15) is 4.79 Å². The summed E-state index contributed by atoms with van der Waals surface area (Å²) < 4.78 is 1.91. The molecule has 0 radical (unpaired) electrons. The highest BCUT2D eigenvalue weighted by atomic mass is 16.3. The average molecular weight is 224 g/mol. The molecule has 0 aliphatic heterocycles. The quantitative estimate of drug-likeness (QED) is 0.820. The molecular formula is C12H20N2O2. The fraction of sp³-hybridized carbons (Fsp3) is 0.583. The zero-order chi connectivity index (χ0) is 12.1. The molecule has 0 aliphatic carbocycles. The van der Waals surface area contributed by atoms with Crippen LogP contribution in [0.1, 0.15) is 31.3 Å². The highest BCUT2D eigenvalue weighted by molar-refractivity contribution is 5.93. The summed E-state index contributed by atoms with van der Waals surface area (Å²) in [6, 6.07) is 3.78. The molecule has 1 rings (SSSR count). The van der Waals surface area contributed by atoms with Crippen LogP contribution in [0, 0.1) is 0 Å². The fourth-order valence-corrected chi connectivity index (χ4v) is 1.73. The number of aliphatic hydroxyl groups is 1. The van der Waals surface area contributed by atoms with Gasteiger partial charge in [0.05, 0.1) is 6.61 Å². The Bertz CT molecular complexity index is 345. The van der Waals surface area contributed by atoms with Crippen LogP contribution >= 0.6 is 0 Å². The smallest absolute Gasteiger partial charge is 0.270 e. The van der Waals surface area contributed by atoms with Gasteiger partial charge in [-0.1, -0.05) is 0 Å². The molecule has 90 valence electrons. The molecule has 0 saturated carbocycles. The van der Waals surface area contributed by atoms with Crippen molar-refractivity contribution in [3.63, 3.8) is 0 Å². The maximum Gasteiger partial charge on any atom is 0.270 e. The number of aromatic nitrogens is 1. The van der Waals surface area contributed by atoms with Crippen molar-refractivity contribution in [1.82, 2.24) is 9.47 Å². The number of hydrogen-bond acceptors (Lipinski definition) is 2. The summed E-state index contributed by atoms with van der Waals surface area (Å²) in [6.45, 7) is 7.06. The summed E-state index contributed by atoms with van der Waals surface area (Å²) in [6.07, 6.45) is 1.89. The lowest BCUT2D eigenvalue weighted by atomic mass is 10.2. The molecule has 0 unspecified atom stereocenters. The Labute approximate surface area is 96.5 Å². The highest BCUT2D eigenvalue weighted by Crippen LogP contribution is 2.09. The average Bonchev–Trinajstić information content (AvgIpc) is 2.72. The van der Waals surface area contributed by atoms with E-state index in [0.29, 0.717) is 12.2 Å². The van der Waals surface area contributed by atoms with Crippen LogP contribution in [0.25, 0.3) is 0 Å². The number of aryl methyl sites for hydroxylation is 1. The predicted octanol–water partition coefficient (Wildman–Crippen LogP) is 1.35. The van der Waals surface area contributed by atoms with E-state index in [0.717, 1.165) is 6.54 Å². The monoisotopic (exact) mass is 224 g/mol. The fourth-order valence-electron chi connectivity index (χ4n) is 1.73. The molecule has 0 aromatic carbocycles. The van der Waals surface area contributed by atoms with Crippen LogP contribution < -0.4 is 0 Å². The first kappa shape index (κ1) is 12.8. The lowest BCUT2D eigenvalue weighted by Crippen LogP contribution is -2.39. The molecule has 4 nitrogen and oxygen atoms in total. The molecule has 0 bridgehead atoms. The summed E-state index contributed by atoms with van der Waals surface area (Å²) in [4.78, 5) is 13.9. The van der Waals surface area contributed by atoms with Gasteiger partial charge >= 0.3 is 0 Å². The second kappa shape index (κ2) is 5.70. The molecule has 4 heteroatoms. The second-order valence-corrected chi connectivity index (χ2v) is 4.00. The molecule has 0 atom stereocenters. The maximum absolute atomic E-state index is 12.2. The molecule has 1 heterocycles. The van der Waals surface area contributed by atoms with Crippen molar-refractivity contribution in [2.45, 2.75) is 33.4 Å². The van der Waals surface area contributed by atoms with Gasteiger partial charge in [-0.15, -0.1) is 0 Å². The highest BCUT2D eigenvalue weighted by Gasteiger charge is 2.20. The Hall–Kier alpha value is -1.29. The van der Waals surface area contributed by atoms with Gasteiger partial charge in [0.2, 0.25) is 0 Å². The number of carbonyl (C=O) groups is 1. The van der Waals surface area contributed by atoms with Gasteiger partial charge in [-0.3, -0.25) is 4.79 Å². The molecule has 0 spiro atoms. The van der Waals surface area contributed by atoms with Crippen molar-refractivity contribution < 1.29 is 9.90 Å². The minimum atomic E-state index is -0.0177. The van der Waals surface area contributed by atoms with Gasteiger partial charge in [-0.25, -0.2) is 0 Å². The Balaban J connectivity index is 2.90. The largest absolute Gasteiger partial charge is 0.395 e. The minimum absolute atomic E-state index is 0.00322. The molecule has 0 aliphatic rings. The number of hydrogen-bond donors (Lipinski definition) is 1. The summed E-state index contributed by atoms with van der Waals surface area (Å²) >= 11 is 0. The van der Waals surface area contributed by atoms with E-state index in [1.54, 1.807) is 4.90 Å². The van der Waals surface area contributed by atoms with E-state index in [4.69, 9.17) is 5.11 Å². The summed E-state index contributed by atoms with van der Waals surface area (Å²) in [7, 11) is 0. The van der Waals surface area contributed by atoms with Crippen molar-refractivity contribution in [3.8, 4) is 0 Å². The molecular weight excluding hydrogens is 204 g/mol. The minimum Gasteiger partial charge on any atom is -0.395 e. The van der Waals surface area contributed by atoms with Crippen LogP contribution in [-0.2, 0) is 6.54 Å². The van der Waals surface area contributed by atoms with Crippen LogP contribution in [0.4, 0.5) is 0 Å². The van der Waals surface area contributed by atoms with E-state index in [1.165, 1.54) is 0 Å². The second-order valence-electron chi connectivity index (χ2n) is 4.00. The van der Waals surface area contributed by atoms with E-state index in [-0.39, 0.29) is 18.6 Å². The number of carbonyl (C=O) groups excluding carboxylic acids is 1. The predicted molar refractivity (Wildman–Crippen MR) is 63.4 cm³/mol. The van der Waals surface area contributed by atoms with Crippen LogP contribution in [0.15, 0.2) is 18.3 Å². The molecule has 16 heavy (non-hydrogen) atoms. The normalized spacial score (nSPS) is 10.8. The molecule has 0 saturated heterocycles. The van der Waals surface area contributed by atoms with E-state index in [2.05, 4.69) is 0 Å². The SMILES string of the molecule is CCn1cccc1C(=O)N(CCO)C(C)C. The first-order valence-electron chi connectivity index (χ1n) is 5.68. The van der Waals surface area contributed by atoms with Crippen LogP contribution in [0.5, 0.6) is 0 Å². The van der Waals surface area contributed by atoms with Gasteiger partial charge in [-0.2, -0.15) is 0 Å². The third-order valence-corrected chi connectivity index (χ3v) is 2.61. The summed E-state index contributed by atoms with van der Waals surface area (Å²) in [5.74, 6) is -0.0177. The molecule has 1 amide bonds. The van der Waals surface area contributed by atoms with Gasteiger partial charge in [0.15, 0.2) is 0 Å². The van der Waals surface area contributed by atoms with Gasteiger partial charge < -0.3 is 14.6 Å². The Morgan fingerprint density at radius 1 is 1.56 bits per heavy atom. The van der Waals surface area contributed by atoms with Crippen molar-refractivity contribution in [1.29, 1.82) is 0 Å². The number of aliphatic hydroxyl groups excluding tert-OH is 1. The maximum atomic E-state index is 12.2. The number of rotatable bonds is 5. The lowest BCUT2D eigenvalue weighted by Gasteiger charge is -2.26. The molecule has 1 aromatic rings.